The number of alkyl halides is 3. The third kappa shape index (κ3) is 4.98. The van der Waals surface area contributed by atoms with Crippen molar-refractivity contribution in [2.45, 2.75) is 61.6 Å². The lowest BCUT2D eigenvalue weighted by atomic mass is 10.0. The molecule has 0 fully saturated rings. The van der Waals surface area contributed by atoms with E-state index in [2.05, 4.69) is 75.6 Å². The molecule has 0 bridgehead atoms. The third-order valence-electron chi connectivity index (χ3n) is 9.03. The minimum Gasteiger partial charge on any atom is -0.325 e. The van der Waals surface area contributed by atoms with E-state index in [4.69, 9.17) is 0 Å². The second-order valence-electron chi connectivity index (χ2n) is 12.4. The van der Waals surface area contributed by atoms with Gasteiger partial charge in [0.2, 0.25) is 0 Å². The molecule has 0 unspecified atom stereocenters. The maximum Gasteiger partial charge on any atom is 0.416 e. The van der Waals surface area contributed by atoms with Gasteiger partial charge in [-0.25, -0.2) is 0 Å². The van der Waals surface area contributed by atoms with Crippen molar-refractivity contribution >= 4 is 34.1 Å². The molecule has 4 aromatic carbocycles. The molecule has 0 saturated heterocycles. The van der Waals surface area contributed by atoms with Crippen LogP contribution in [0.3, 0.4) is 0 Å². The lowest BCUT2D eigenvalue weighted by Gasteiger charge is -2.29. The molecule has 228 valence electrons. The molecule has 0 aromatic heterocycles. The molecule has 2 heterocycles. The van der Waals surface area contributed by atoms with Gasteiger partial charge in [0.25, 0.3) is 0 Å². The molecule has 0 atom stereocenters. The standard InChI is InChI=1S/C37H39F3N4/c1-22-13-24(3)35(25(4)14-22)42-20-41(28(7)29(42)8)31-17-30(37(38,39)40)18-32(19-31)43-21-44(34-12-10-9-11-33(34)43)36-26(5)15-23(2)16-27(36)6/h9-19H,20-21H2,1-8H3. The number of benzene rings is 4. The molecule has 2 aliphatic rings. The van der Waals surface area contributed by atoms with Crippen molar-refractivity contribution in [2.75, 3.05) is 32.9 Å². The van der Waals surface area contributed by atoms with E-state index in [1.54, 1.807) is 0 Å². The molecule has 4 aromatic rings. The summed E-state index contributed by atoms with van der Waals surface area (Å²) in [6.07, 6.45) is -4.50. The van der Waals surface area contributed by atoms with E-state index in [1.165, 1.54) is 23.3 Å². The lowest BCUT2D eigenvalue weighted by Crippen LogP contribution is -2.29. The zero-order chi connectivity index (χ0) is 31.7. The van der Waals surface area contributed by atoms with Gasteiger partial charge in [0.1, 0.15) is 6.67 Å². The number of rotatable bonds is 4. The predicted molar refractivity (Wildman–Crippen MR) is 177 cm³/mol. The number of fused-ring (bicyclic) bond motifs is 1. The van der Waals surface area contributed by atoms with Crippen LogP contribution in [0, 0.1) is 41.5 Å². The smallest absolute Gasteiger partial charge is 0.325 e. The van der Waals surface area contributed by atoms with E-state index in [-0.39, 0.29) is 0 Å². The Kier molecular flexibility index (Phi) is 7.18. The quantitative estimate of drug-likeness (QED) is 0.232. The number of allylic oxidation sites excluding steroid dienone is 2. The monoisotopic (exact) mass is 596 g/mol. The number of anilines is 6. The Hall–Kier alpha value is -4.39. The van der Waals surface area contributed by atoms with E-state index in [1.807, 2.05) is 54.0 Å². The van der Waals surface area contributed by atoms with Crippen LogP contribution in [-0.4, -0.2) is 13.3 Å². The van der Waals surface area contributed by atoms with E-state index in [0.29, 0.717) is 24.7 Å². The average Bonchev–Trinajstić information content (AvgIpc) is 3.45. The van der Waals surface area contributed by atoms with Crippen molar-refractivity contribution in [2.24, 2.45) is 0 Å². The molecule has 0 amide bonds. The number of nitrogens with zero attached hydrogens (tertiary/aromatic N) is 4. The predicted octanol–water partition coefficient (Wildman–Crippen LogP) is 10.3. The van der Waals surface area contributed by atoms with E-state index >= 15 is 0 Å². The molecule has 0 spiro atoms. The van der Waals surface area contributed by atoms with Crippen LogP contribution in [0.2, 0.25) is 0 Å². The topological polar surface area (TPSA) is 13.0 Å². The minimum atomic E-state index is -4.50. The van der Waals surface area contributed by atoms with Crippen LogP contribution in [0.25, 0.3) is 0 Å². The van der Waals surface area contributed by atoms with Crippen LogP contribution in [0.4, 0.5) is 47.3 Å². The number of aryl methyl sites for hydroxylation is 6. The molecule has 0 saturated carbocycles. The van der Waals surface area contributed by atoms with Gasteiger partial charge in [0.15, 0.2) is 0 Å². The van der Waals surface area contributed by atoms with Gasteiger partial charge < -0.3 is 19.6 Å². The van der Waals surface area contributed by atoms with Gasteiger partial charge in [0, 0.05) is 34.1 Å². The van der Waals surface area contributed by atoms with Gasteiger partial charge in [-0.15, -0.1) is 0 Å². The molecular weight excluding hydrogens is 557 g/mol. The number of halogens is 3. The van der Waals surface area contributed by atoms with Crippen LogP contribution < -0.4 is 19.6 Å². The summed E-state index contributed by atoms with van der Waals surface area (Å²) in [6.45, 7) is 17.4. The summed E-state index contributed by atoms with van der Waals surface area (Å²) in [7, 11) is 0. The van der Waals surface area contributed by atoms with Gasteiger partial charge in [-0.05, 0) is 108 Å². The Bertz CT molecular complexity index is 1770. The van der Waals surface area contributed by atoms with Crippen molar-refractivity contribution in [1.29, 1.82) is 0 Å². The summed E-state index contributed by atoms with van der Waals surface area (Å²) < 4.78 is 43.5. The van der Waals surface area contributed by atoms with Crippen molar-refractivity contribution in [3.05, 3.63) is 117 Å². The van der Waals surface area contributed by atoms with Gasteiger partial charge in [-0.3, -0.25) is 0 Å². The first-order valence-corrected chi connectivity index (χ1v) is 15.0. The molecule has 6 rings (SSSR count). The van der Waals surface area contributed by atoms with Gasteiger partial charge in [-0.1, -0.05) is 47.5 Å². The Morgan fingerprint density at radius 1 is 0.500 bits per heavy atom. The number of hydrogen-bond acceptors (Lipinski definition) is 4. The molecule has 0 aliphatic carbocycles. The lowest BCUT2D eigenvalue weighted by molar-refractivity contribution is -0.137. The molecule has 7 heteroatoms. The highest BCUT2D eigenvalue weighted by atomic mass is 19.4. The molecule has 0 N–H and O–H groups in total. The molecule has 4 nitrogen and oxygen atoms in total. The molecule has 2 aliphatic heterocycles. The van der Waals surface area contributed by atoms with Crippen molar-refractivity contribution in [3.63, 3.8) is 0 Å². The van der Waals surface area contributed by atoms with Crippen molar-refractivity contribution in [1.82, 2.24) is 0 Å². The molecule has 0 radical (unpaired) electrons. The van der Waals surface area contributed by atoms with Gasteiger partial charge >= 0.3 is 6.18 Å². The summed E-state index contributed by atoms with van der Waals surface area (Å²) in [5.41, 5.74) is 13.4. The first kappa shape index (κ1) is 29.7. The summed E-state index contributed by atoms with van der Waals surface area (Å²) in [4.78, 5) is 8.44. The largest absolute Gasteiger partial charge is 0.416 e. The van der Waals surface area contributed by atoms with Gasteiger partial charge in [0.05, 0.1) is 23.6 Å². The third-order valence-corrected chi connectivity index (χ3v) is 9.03. The van der Waals surface area contributed by atoms with E-state index < -0.39 is 11.7 Å². The van der Waals surface area contributed by atoms with Crippen LogP contribution in [0.15, 0.2) is 78.1 Å². The Morgan fingerprint density at radius 3 is 1.41 bits per heavy atom. The Labute approximate surface area is 258 Å². The Morgan fingerprint density at radius 2 is 0.909 bits per heavy atom. The zero-order valence-electron chi connectivity index (χ0n) is 26.7. The fraction of sp³-hybridized carbons (Fsp3) is 0.297. The fourth-order valence-corrected chi connectivity index (χ4v) is 7.15. The number of hydrogen-bond donors (Lipinski definition) is 0. The minimum absolute atomic E-state index is 0.409. The van der Waals surface area contributed by atoms with Crippen molar-refractivity contribution in [3.8, 4) is 0 Å². The first-order chi connectivity index (χ1) is 20.7. The van der Waals surface area contributed by atoms with E-state index in [9.17, 15) is 13.2 Å². The van der Waals surface area contributed by atoms with Crippen molar-refractivity contribution < 1.29 is 13.2 Å². The summed E-state index contributed by atoms with van der Waals surface area (Å²) in [5.74, 6) is 0. The maximum atomic E-state index is 14.5. The van der Waals surface area contributed by atoms with Crippen LogP contribution in [0.5, 0.6) is 0 Å². The summed E-state index contributed by atoms with van der Waals surface area (Å²) in [5, 5.41) is 0. The molecular formula is C37H39F3N4. The van der Waals surface area contributed by atoms with Crippen LogP contribution in [-0.2, 0) is 6.18 Å². The second-order valence-corrected chi connectivity index (χ2v) is 12.4. The van der Waals surface area contributed by atoms with E-state index in [0.717, 1.165) is 56.4 Å². The highest BCUT2D eigenvalue weighted by Crippen LogP contribution is 2.48. The highest BCUT2D eigenvalue weighted by Gasteiger charge is 2.36. The number of para-hydroxylation sites is 2. The van der Waals surface area contributed by atoms with Gasteiger partial charge in [-0.2, -0.15) is 13.2 Å². The molecule has 44 heavy (non-hydrogen) atoms. The fourth-order valence-electron chi connectivity index (χ4n) is 7.15. The normalized spacial score (nSPS) is 15.2. The van der Waals surface area contributed by atoms with Crippen LogP contribution >= 0.6 is 0 Å². The van der Waals surface area contributed by atoms with Crippen LogP contribution in [0.1, 0.15) is 52.8 Å². The highest BCUT2D eigenvalue weighted by molar-refractivity contribution is 5.89. The zero-order valence-corrected chi connectivity index (χ0v) is 26.7. The Balaban J connectivity index is 1.45. The first-order valence-electron chi connectivity index (χ1n) is 15.0. The SMILES string of the molecule is CC1=C(C)N(c2c(C)cc(C)cc2C)CN1c1cc(N2CN(c3c(C)cc(C)cc3C)c3ccccc32)cc(C(F)(F)F)c1. The average molecular weight is 597 g/mol. The summed E-state index contributed by atoms with van der Waals surface area (Å²) >= 11 is 0. The summed E-state index contributed by atoms with van der Waals surface area (Å²) in [6, 6.07) is 21.1. The maximum absolute atomic E-state index is 14.5. The second kappa shape index (κ2) is 10.7.